The average molecular weight is 406 g/mol. The van der Waals surface area contributed by atoms with Crippen molar-refractivity contribution < 1.29 is 51.2 Å². The molecule has 1 aliphatic heterocycles. The van der Waals surface area contributed by atoms with Gasteiger partial charge in [0.05, 0.1) is 13.2 Å². The fourth-order valence-corrected chi connectivity index (χ4v) is 2.63. The molecule has 3 nitrogen and oxygen atoms in total. The summed E-state index contributed by atoms with van der Waals surface area (Å²) >= 11 is 0. The molecular weight excluding hydrogens is 395 g/mol. The van der Waals surface area contributed by atoms with Gasteiger partial charge in [-0.15, -0.1) is 0 Å². The molecule has 1 aromatic rings. The zero-order valence-corrected chi connectivity index (χ0v) is 13.1. The average Bonchev–Trinajstić information content (AvgIpc) is 2.41. The van der Waals surface area contributed by atoms with Crippen molar-refractivity contribution in [3.05, 3.63) is 23.8 Å². The predicted molar refractivity (Wildman–Crippen MR) is 68.2 cm³/mol. The Hall–Kier alpha value is -1.34. The monoisotopic (exact) mass is 406 g/mol. The van der Waals surface area contributed by atoms with Crippen LogP contribution in [-0.2, 0) is 9.47 Å². The van der Waals surface area contributed by atoms with Crippen molar-refractivity contribution >= 4 is 10.2 Å². The summed E-state index contributed by atoms with van der Waals surface area (Å²) in [4.78, 5) is -3.17. The molecule has 1 fully saturated rings. The molecule has 0 aromatic heterocycles. The van der Waals surface area contributed by atoms with Gasteiger partial charge in [-0.2, -0.15) is 13.2 Å². The minimum Gasteiger partial charge on any atom is -0.426 e. The van der Waals surface area contributed by atoms with E-state index >= 15 is 0 Å². The first-order chi connectivity index (χ1) is 11.0. The fraction of sp³-hybridized carbons (Fsp3) is 0.500. The van der Waals surface area contributed by atoms with Crippen LogP contribution in [0.5, 0.6) is 5.75 Å². The van der Waals surface area contributed by atoms with E-state index in [0.717, 1.165) is 0 Å². The highest BCUT2D eigenvalue weighted by Gasteiger charge is 2.67. The number of hydrogen-bond acceptors (Lipinski definition) is 3. The van der Waals surface area contributed by atoms with E-state index in [1.807, 2.05) is 0 Å². The molecule has 1 aromatic carbocycles. The van der Waals surface area contributed by atoms with Crippen molar-refractivity contribution in [1.82, 2.24) is 0 Å². The van der Waals surface area contributed by atoms with Crippen LogP contribution in [0.4, 0.5) is 37.0 Å². The topological polar surface area (TPSA) is 27.7 Å². The van der Waals surface area contributed by atoms with Crippen molar-refractivity contribution in [2.45, 2.75) is 24.2 Å². The summed E-state index contributed by atoms with van der Waals surface area (Å²) in [6, 6.07) is -0.749. The molecule has 1 heterocycles. The third kappa shape index (κ3) is 4.44. The van der Waals surface area contributed by atoms with Crippen LogP contribution in [0, 0.1) is 17.6 Å². The Labute approximate surface area is 135 Å². The maximum atomic E-state index is 13.8. The van der Waals surface area contributed by atoms with Gasteiger partial charge in [-0.3, -0.25) is 0 Å². The molecule has 0 amide bonds. The standard InChI is InChI=1S/C12H11F9O3S/c1-6-4-22-11(23-5-6)12(15,16)24-7-2-3-8(10(14)9(7)13)25(17,18,19,20)21/h2-3,6,11H,4-5H2,1H3. The highest BCUT2D eigenvalue weighted by Crippen LogP contribution is 3.02. The summed E-state index contributed by atoms with van der Waals surface area (Å²) in [5.41, 5.74) is 0. The minimum atomic E-state index is -10.6. The molecule has 0 radical (unpaired) electrons. The lowest BCUT2D eigenvalue weighted by atomic mass is 10.2. The zero-order chi connectivity index (χ0) is 19.3. The molecule has 0 atom stereocenters. The molecule has 0 spiro atoms. The third-order valence-corrected chi connectivity index (χ3v) is 4.16. The first kappa shape index (κ1) is 20.0. The second-order valence-corrected chi connectivity index (χ2v) is 7.80. The molecule has 1 aliphatic rings. The quantitative estimate of drug-likeness (QED) is 0.609. The van der Waals surface area contributed by atoms with Crippen LogP contribution >= 0.6 is 10.2 Å². The molecule has 146 valence electrons. The predicted octanol–water partition coefficient (Wildman–Crippen LogP) is 5.60. The van der Waals surface area contributed by atoms with Crippen LogP contribution in [0.1, 0.15) is 6.92 Å². The molecular formula is C12H11F9O3S. The third-order valence-electron chi connectivity index (χ3n) is 3.01. The van der Waals surface area contributed by atoms with Gasteiger partial charge in [0.25, 0.3) is 6.29 Å². The smallest absolute Gasteiger partial charge is 0.426 e. The Morgan fingerprint density at radius 1 is 1.00 bits per heavy atom. The van der Waals surface area contributed by atoms with Gasteiger partial charge in [0.1, 0.15) is 4.90 Å². The molecule has 13 heteroatoms. The molecule has 0 unspecified atom stereocenters. The van der Waals surface area contributed by atoms with Crippen molar-refractivity contribution in [2.75, 3.05) is 13.2 Å². The van der Waals surface area contributed by atoms with E-state index < -0.39 is 51.0 Å². The van der Waals surface area contributed by atoms with Crippen molar-refractivity contribution in [3.63, 3.8) is 0 Å². The summed E-state index contributed by atoms with van der Waals surface area (Å²) in [6.07, 6.45) is -6.74. The van der Waals surface area contributed by atoms with Gasteiger partial charge < -0.3 is 14.2 Å². The summed E-state index contributed by atoms with van der Waals surface area (Å²) in [6.45, 7) is 1.25. The Morgan fingerprint density at radius 2 is 1.52 bits per heavy atom. The van der Waals surface area contributed by atoms with Crippen molar-refractivity contribution in [2.24, 2.45) is 5.92 Å². The molecule has 2 rings (SSSR count). The summed E-state index contributed by atoms with van der Waals surface area (Å²) < 4.78 is 130. The Kier molecular flexibility index (Phi) is 4.26. The van der Waals surface area contributed by atoms with E-state index in [1.54, 1.807) is 6.92 Å². The summed E-state index contributed by atoms with van der Waals surface area (Å²) in [5.74, 6) is -7.64. The second kappa shape index (κ2) is 5.33. The number of rotatable bonds is 4. The van der Waals surface area contributed by atoms with Gasteiger partial charge >= 0.3 is 16.3 Å². The fourth-order valence-electron chi connectivity index (χ4n) is 1.88. The van der Waals surface area contributed by atoms with E-state index in [2.05, 4.69) is 14.2 Å². The van der Waals surface area contributed by atoms with Crippen LogP contribution in [0.2, 0.25) is 0 Å². The highest BCUT2D eigenvalue weighted by molar-refractivity contribution is 8.45. The van der Waals surface area contributed by atoms with E-state index in [-0.39, 0.29) is 25.2 Å². The first-order valence-corrected chi connectivity index (χ1v) is 8.48. The van der Waals surface area contributed by atoms with Gasteiger partial charge in [0, 0.05) is 5.92 Å². The lowest BCUT2D eigenvalue weighted by molar-refractivity contribution is -0.351. The maximum Gasteiger partial charge on any atom is 0.451 e. The number of benzene rings is 1. The molecule has 0 saturated carbocycles. The number of halogens is 9. The van der Waals surface area contributed by atoms with Crippen molar-refractivity contribution in [1.29, 1.82) is 0 Å². The number of hydrogen-bond donors (Lipinski definition) is 0. The van der Waals surface area contributed by atoms with Crippen LogP contribution < -0.4 is 4.74 Å². The highest BCUT2D eigenvalue weighted by atomic mass is 32.5. The first-order valence-electron chi connectivity index (χ1n) is 6.53. The Bertz CT molecular complexity index is 668. The van der Waals surface area contributed by atoms with E-state index in [0.29, 0.717) is 0 Å². The van der Waals surface area contributed by atoms with Crippen LogP contribution in [0.25, 0.3) is 0 Å². The second-order valence-electron chi connectivity index (χ2n) is 5.43. The number of alkyl halides is 2. The van der Waals surface area contributed by atoms with Gasteiger partial charge in [-0.05, 0) is 12.1 Å². The SMILES string of the molecule is CC1COC(C(F)(F)Oc2ccc(S(F)(F)(F)(F)F)c(F)c2F)OC1. The van der Waals surface area contributed by atoms with E-state index in [1.165, 1.54) is 0 Å². The largest absolute Gasteiger partial charge is 0.451 e. The number of ether oxygens (including phenoxy) is 3. The van der Waals surface area contributed by atoms with Gasteiger partial charge in [0.2, 0.25) is 5.82 Å². The normalized spacial score (nSPS) is 25.2. The summed E-state index contributed by atoms with van der Waals surface area (Å²) in [5, 5.41) is 0. The molecule has 0 aliphatic carbocycles. The minimum absolute atomic E-state index is 0.176. The zero-order valence-electron chi connectivity index (χ0n) is 12.3. The Morgan fingerprint density at radius 3 is 2.00 bits per heavy atom. The van der Waals surface area contributed by atoms with Crippen LogP contribution in [0.3, 0.4) is 0 Å². The summed E-state index contributed by atoms with van der Waals surface area (Å²) in [7, 11) is -10.6. The molecule has 1 saturated heterocycles. The van der Waals surface area contributed by atoms with Gasteiger partial charge in [-0.1, -0.05) is 26.4 Å². The lowest BCUT2D eigenvalue weighted by Gasteiger charge is -2.40. The van der Waals surface area contributed by atoms with E-state index in [4.69, 9.17) is 0 Å². The Balaban J connectivity index is 2.31. The van der Waals surface area contributed by atoms with Crippen LogP contribution in [-0.4, -0.2) is 25.6 Å². The van der Waals surface area contributed by atoms with Gasteiger partial charge in [0.15, 0.2) is 11.6 Å². The van der Waals surface area contributed by atoms with Gasteiger partial charge in [-0.25, -0.2) is 4.39 Å². The lowest BCUT2D eigenvalue weighted by Crippen LogP contribution is -2.47. The van der Waals surface area contributed by atoms with Crippen LogP contribution in [0.15, 0.2) is 17.0 Å². The van der Waals surface area contributed by atoms with E-state index in [9.17, 15) is 37.0 Å². The molecule has 0 N–H and O–H groups in total. The maximum absolute atomic E-state index is 13.8. The van der Waals surface area contributed by atoms with Crippen molar-refractivity contribution in [3.8, 4) is 5.75 Å². The molecule has 0 bridgehead atoms. The molecule has 25 heavy (non-hydrogen) atoms.